The summed E-state index contributed by atoms with van der Waals surface area (Å²) in [4.78, 5) is 16.1. The van der Waals surface area contributed by atoms with E-state index in [4.69, 9.17) is 4.74 Å². The first-order valence-corrected chi connectivity index (χ1v) is 7.80. The summed E-state index contributed by atoms with van der Waals surface area (Å²) in [5.74, 6) is 2.49. The SMILES string of the molecule is O=C(OCC12CC3CC(CC(C3)C1)C2)c1cccnc1. The number of carbonyl (C=O) groups is 1. The van der Waals surface area contributed by atoms with Crippen molar-refractivity contribution >= 4 is 5.97 Å². The molecule has 0 atom stereocenters. The first-order chi connectivity index (χ1) is 9.72. The average molecular weight is 271 g/mol. The van der Waals surface area contributed by atoms with Crippen molar-refractivity contribution in [1.29, 1.82) is 0 Å². The molecule has 0 N–H and O–H groups in total. The normalized spacial score (nSPS) is 37.9. The molecule has 0 aliphatic heterocycles. The van der Waals surface area contributed by atoms with Crippen LogP contribution in [0.15, 0.2) is 24.5 Å². The van der Waals surface area contributed by atoms with Crippen LogP contribution in [0, 0.1) is 23.2 Å². The van der Waals surface area contributed by atoms with Gasteiger partial charge in [0.25, 0.3) is 0 Å². The van der Waals surface area contributed by atoms with Crippen LogP contribution in [-0.4, -0.2) is 17.6 Å². The number of hydrogen-bond acceptors (Lipinski definition) is 3. The molecule has 0 unspecified atom stereocenters. The number of carbonyl (C=O) groups excluding carboxylic acids is 1. The minimum atomic E-state index is -0.214. The predicted octanol–water partition coefficient (Wildman–Crippen LogP) is 3.45. The molecule has 4 saturated carbocycles. The van der Waals surface area contributed by atoms with Crippen molar-refractivity contribution in [1.82, 2.24) is 4.98 Å². The van der Waals surface area contributed by atoms with Gasteiger partial charge in [-0.3, -0.25) is 4.98 Å². The van der Waals surface area contributed by atoms with Gasteiger partial charge < -0.3 is 4.74 Å². The van der Waals surface area contributed by atoms with Crippen molar-refractivity contribution in [2.75, 3.05) is 6.61 Å². The summed E-state index contributed by atoms with van der Waals surface area (Å²) >= 11 is 0. The van der Waals surface area contributed by atoms with Gasteiger partial charge in [-0.2, -0.15) is 0 Å². The molecule has 0 amide bonds. The van der Waals surface area contributed by atoms with Crippen LogP contribution in [0.2, 0.25) is 0 Å². The van der Waals surface area contributed by atoms with Crippen LogP contribution in [0.3, 0.4) is 0 Å². The highest BCUT2D eigenvalue weighted by molar-refractivity contribution is 5.88. The molecule has 0 radical (unpaired) electrons. The summed E-state index contributed by atoms with van der Waals surface area (Å²) < 4.78 is 5.63. The van der Waals surface area contributed by atoms with E-state index in [1.807, 2.05) is 0 Å². The summed E-state index contributed by atoms with van der Waals surface area (Å²) in [6, 6.07) is 3.55. The Bertz CT molecular complexity index is 476. The lowest BCUT2D eigenvalue weighted by atomic mass is 9.50. The molecule has 3 nitrogen and oxygen atoms in total. The smallest absolute Gasteiger partial charge is 0.339 e. The molecule has 5 rings (SSSR count). The Hall–Kier alpha value is -1.38. The fourth-order valence-electron chi connectivity index (χ4n) is 5.25. The van der Waals surface area contributed by atoms with Gasteiger partial charge in [-0.05, 0) is 68.4 Å². The van der Waals surface area contributed by atoms with Crippen LogP contribution in [0.1, 0.15) is 48.9 Å². The fourth-order valence-corrected chi connectivity index (χ4v) is 5.25. The zero-order valence-electron chi connectivity index (χ0n) is 11.8. The van der Waals surface area contributed by atoms with Gasteiger partial charge in [0.05, 0.1) is 12.2 Å². The van der Waals surface area contributed by atoms with Gasteiger partial charge in [0.1, 0.15) is 0 Å². The molecule has 4 aliphatic carbocycles. The molecular weight excluding hydrogens is 250 g/mol. The van der Waals surface area contributed by atoms with E-state index in [9.17, 15) is 4.79 Å². The monoisotopic (exact) mass is 271 g/mol. The summed E-state index contributed by atoms with van der Waals surface area (Å²) in [6.45, 7) is 0.615. The Morgan fingerprint density at radius 3 is 2.40 bits per heavy atom. The minimum Gasteiger partial charge on any atom is -0.461 e. The molecule has 0 saturated heterocycles. The molecule has 0 aromatic carbocycles. The molecule has 0 spiro atoms. The van der Waals surface area contributed by atoms with Gasteiger partial charge >= 0.3 is 5.97 Å². The third-order valence-electron chi connectivity index (χ3n) is 5.57. The van der Waals surface area contributed by atoms with Crippen molar-refractivity contribution in [3.8, 4) is 0 Å². The first kappa shape index (κ1) is 12.4. The van der Waals surface area contributed by atoms with Gasteiger partial charge in [0, 0.05) is 17.8 Å². The molecule has 4 fully saturated rings. The molecule has 1 heterocycles. The highest BCUT2D eigenvalue weighted by atomic mass is 16.5. The largest absolute Gasteiger partial charge is 0.461 e. The molecule has 3 heteroatoms. The Kier molecular flexibility index (Phi) is 2.83. The van der Waals surface area contributed by atoms with Gasteiger partial charge in [-0.1, -0.05) is 0 Å². The van der Waals surface area contributed by atoms with Crippen LogP contribution < -0.4 is 0 Å². The number of ether oxygens (including phenoxy) is 1. The zero-order chi connectivity index (χ0) is 13.6. The second-order valence-electron chi connectivity index (χ2n) is 7.24. The lowest BCUT2D eigenvalue weighted by molar-refractivity contribution is -0.0848. The number of pyridine rings is 1. The second kappa shape index (κ2) is 4.57. The number of rotatable bonds is 3. The van der Waals surface area contributed by atoms with Gasteiger partial charge in [-0.15, -0.1) is 0 Å². The molecular formula is C17H21NO2. The van der Waals surface area contributed by atoms with Gasteiger partial charge in [-0.25, -0.2) is 4.79 Å². The third kappa shape index (κ3) is 2.13. The van der Waals surface area contributed by atoms with Crippen LogP contribution in [0.25, 0.3) is 0 Å². The maximum Gasteiger partial charge on any atom is 0.339 e. The molecule has 1 aromatic rings. The standard InChI is InChI=1S/C17H21NO2/c19-16(15-2-1-3-18-10-15)20-11-17-7-12-4-13(8-17)6-14(5-12)9-17/h1-3,10,12-14H,4-9,11H2. The third-order valence-corrected chi connectivity index (χ3v) is 5.57. The Labute approximate surface area is 119 Å². The van der Waals surface area contributed by atoms with E-state index in [1.54, 1.807) is 24.5 Å². The highest BCUT2D eigenvalue weighted by Crippen LogP contribution is 2.60. The Balaban J connectivity index is 1.43. The van der Waals surface area contributed by atoms with E-state index in [-0.39, 0.29) is 5.97 Å². The van der Waals surface area contributed by atoms with E-state index in [0.717, 1.165) is 17.8 Å². The highest BCUT2D eigenvalue weighted by Gasteiger charge is 2.51. The minimum absolute atomic E-state index is 0.214. The molecule has 1 aromatic heterocycles. The number of nitrogens with zero attached hydrogens (tertiary/aromatic N) is 1. The van der Waals surface area contributed by atoms with Crippen molar-refractivity contribution < 1.29 is 9.53 Å². The van der Waals surface area contributed by atoms with E-state index in [0.29, 0.717) is 17.6 Å². The predicted molar refractivity (Wildman–Crippen MR) is 75.1 cm³/mol. The fraction of sp³-hybridized carbons (Fsp3) is 0.647. The lowest BCUT2D eigenvalue weighted by Gasteiger charge is -2.56. The quantitative estimate of drug-likeness (QED) is 0.790. The Morgan fingerprint density at radius 1 is 1.20 bits per heavy atom. The van der Waals surface area contributed by atoms with Gasteiger partial charge in [0.15, 0.2) is 0 Å². The zero-order valence-corrected chi connectivity index (χ0v) is 11.8. The summed E-state index contributed by atoms with van der Waals surface area (Å²) in [6.07, 6.45) is 11.4. The molecule has 4 bridgehead atoms. The first-order valence-electron chi connectivity index (χ1n) is 7.80. The van der Waals surface area contributed by atoms with Crippen LogP contribution in [0.4, 0.5) is 0 Å². The van der Waals surface area contributed by atoms with Gasteiger partial charge in [0.2, 0.25) is 0 Å². The maximum absolute atomic E-state index is 12.1. The van der Waals surface area contributed by atoms with Crippen LogP contribution in [0.5, 0.6) is 0 Å². The molecule has 106 valence electrons. The van der Waals surface area contributed by atoms with Crippen molar-refractivity contribution in [3.63, 3.8) is 0 Å². The average Bonchev–Trinajstić information content (AvgIpc) is 2.44. The van der Waals surface area contributed by atoms with Crippen molar-refractivity contribution in [2.24, 2.45) is 23.2 Å². The molecule has 4 aliphatic rings. The van der Waals surface area contributed by atoms with Crippen molar-refractivity contribution in [2.45, 2.75) is 38.5 Å². The van der Waals surface area contributed by atoms with Crippen LogP contribution in [-0.2, 0) is 4.74 Å². The lowest BCUT2D eigenvalue weighted by Crippen LogP contribution is -2.48. The summed E-state index contributed by atoms with van der Waals surface area (Å²) in [5.41, 5.74) is 0.865. The van der Waals surface area contributed by atoms with Crippen molar-refractivity contribution in [3.05, 3.63) is 30.1 Å². The molecule has 20 heavy (non-hydrogen) atoms. The van der Waals surface area contributed by atoms with Crippen LogP contribution >= 0.6 is 0 Å². The van der Waals surface area contributed by atoms with E-state index in [2.05, 4.69) is 4.98 Å². The van der Waals surface area contributed by atoms with E-state index >= 15 is 0 Å². The Morgan fingerprint density at radius 2 is 1.85 bits per heavy atom. The number of aromatic nitrogens is 1. The second-order valence-corrected chi connectivity index (χ2v) is 7.24. The van der Waals surface area contributed by atoms with E-state index < -0.39 is 0 Å². The summed E-state index contributed by atoms with van der Waals surface area (Å²) in [7, 11) is 0. The number of esters is 1. The maximum atomic E-state index is 12.1. The summed E-state index contributed by atoms with van der Waals surface area (Å²) in [5, 5.41) is 0. The van der Waals surface area contributed by atoms with E-state index in [1.165, 1.54) is 38.5 Å². The topological polar surface area (TPSA) is 39.2 Å². The number of hydrogen-bond donors (Lipinski definition) is 0.